The Morgan fingerprint density at radius 2 is 0.863 bits per heavy atom. The van der Waals surface area contributed by atoms with Crippen molar-refractivity contribution in [3.05, 3.63) is 239 Å². The summed E-state index contributed by atoms with van der Waals surface area (Å²) in [5, 5.41) is 43.3. The van der Waals surface area contributed by atoms with Gasteiger partial charge in [-0.05, 0) is 89.0 Å². The molecule has 0 atom stereocenters. The van der Waals surface area contributed by atoms with Crippen molar-refractivity contribution in [3.63, 3.8) is 0 Å². The minimum atomic E-state index is 0.326. The Hall–Kier alpha value is -11.3. The molecule has 0 amide bonds. The highest BCUT2D eigenvalue weighted by Crippen LogP contribution is 2.47. The lowest BCUT2D eigenvalue weighted by molar-refractivity contribution is 1.07. The van der Waals surface area contributed by atoms with E-state index in [2.05, 4.69) is 38.5 Å². The average molecular weight is 929 g/mol. The second-order valence-electron chi connectivity index (χ2n) is 17.0. The van der Waals surface area contributed by atoms with E-state index in [9.17, 15) is 21.0 Å². The Morgan fingerprint density at radius 1 is 0.370 bits per heavy atom. The van der Waals surface area contributed by atoms with Crippen LogP contribution in [0.4, 0.5) is 11.4 Å². The summed E-state index contributed by atoms with van der Waals surface area (Å²) in [5.41, 5.74) is 11.9. The van der Waals surface area contributed by atoms with Gasteiger partial charge in [0.2, 0.25) is 0 Å². The number of benzene rings is 9. The zero-order valence-corrected chi connectivity index (χ0v) is 38.4. The Kier molecular flexibility index (Phi) is 11.3. The van der Waals surface area contributed by atoms with Crippen LogP contribution in [-0.4, -0.2) is 19.5 Å². The third-order valence-corrected chi connectivity index (χ3v) is 12.9. The largest absolute Gasteiger partial charge is 0.308 e. The van der Waals surface area contributed by atoms with Gasteiger partial charge in [0.1, 0.15) is 0 Å². The maximum absolute atomic E-state index is 10.8. The SMILES string of the molecule is [C-]#[N+]c1ccc(-c2ccc3c(c2)c2cc(-c4ccc(C#N)cc4[N+]#[C-])ccc2n3-c2c(-c3ccccc3C#N)cc(-c3nc(-c4ccccc4)nc(-c4ccccc4)n3)cc2-c2ccccc2C#N)c(C#N)c1. The fourth-order valence-corrected chi connectivity index (χ4v) is 9.47. The molecule has 11 rings (SSSR count). The van der Waals surface area contributed by atoms with E-state index in [0.29, 0.717) is 95.7 Å². The lowest BCUT2D eigenvalue weighted by Crippen LogP contribution is -2.05. The third-order valence-electron chi connectivity index (χ3n) is 12.9. The molecular formula is C63H32N10. The fourth-order valence-electron chi connectivity index (χ4n) is 9.47. The molecule has 0 spiro atoms. The zero-order valence-electron chi connectivity index (χ0n) is 38.4. The number of rotatable bonds is 8. The molecule has 0 fully saturated rings. The molecule has 0 radical (unpaired) electrons. The van der Waals surface area contributed by atoms with Crippen molar-refractivity contribution in [1.29, 1.82) is 21.0 Å². The Balaban J connectivity index is 1.29. The minimum absolute atomic E-state index is 0.326. The van der Waals surface area contributed by atoms with Gasteiger partial charge in [-0.15, -0.1) is 0 Å². The highest BCUT2D eigenvalue weighted by atomic mass is 15.0. The van der Waals surface area contributed by atoms with Gasteiger partial charge >= 0.3 is 0 Å². The first kappa shape index (κ1) is 44.2. The van der Waals surface area contributed by atoms with Crippen LogP contribution in [0.3, 0.4) is 0 Å². The van der Waals surface area contributed by atoms with Crippen molar-refractivity contribution in [1.82, 2.24) is 19.5 Å². The Bertz CT molecular complexity index is 4070. The molecule has 0 saturated heterocycles. The van der Waals surface area contributed by atoms with E-state index < -0.39 is 0 Å². The van der Waals surface area contributed by atoms with E-state index in [1.165, 1.54) is 0 Å². The monoisotopic (exact) mass is 928 g/mol. The minimum Gasteiger partial charge on any atom is -0.308 e. The van der Waals surface area contributed by atoms with Crippen LogP contribution in [0, 0.1) is 58.5 Å². The summed E-state index contributed by atoms with van der Waals surface area (Å²) in [7, 11) is 0. The summed E-state index contributed by atoms with van der Waals surface area (Å²) in [6.07, 6.45) is 0. The quantitative estimate of drug-likeness (QED) is 0.138. The molecule has 0 bridgehead atoms. The summed E-state index contributed by atoms with van der Waals surface area (Å²) >= 11 is 0. The van der Waals surface area contributed by atoms with Gasteiger partial charge in [0.05, 0.1) is 65.3 Å². The normalized spacial score (nSPS) is 10.7. The van der Waals surface area contributed by atoms with Gasteiger partial charge in [0, 0.05) is 60.8 Å². The molecule has 10 heteroatoms. The number of nitriles is 4. The second kappa shape index (κ2) is 18.7. The first-order valence-electron chi connectivity index (χ1n) is 22.9. The number of hydrogen-bond donors (Lipinski definition) is 0. The second-order valence-corrected chi connectivity index (χ2v) is 17.0. The summed E-state index contributed by atoms with van der Waals surface area (Å²) < 4.78 is 2.15. The van der Waals surface area contributed by atoms with Crippen molar-refractivity contribution in [2.24, 2.45) is 0 Å². The van der Waals surface area contributed by atoms with Crippen LogP contribution in [0.15, 0.2) is 194 Å². The van der Waals surface area contributed by atoms with E-state index in [4.69, 9.17) is 28.1 Å². The maximum Gasteiger partial charge on any atom is 0.196 e. The molecule has 0 unspecified atom stereocenters. The predicted molar refractivity (Wildman–Crippen MR) is 284 cm³/mol. The first-order valence-corrected chi connectivity index (χ1v) is 22.9. The summed E-state index contributed by atoms with van der Waals surface area (Å²) in [5.74, 6) is 1.30. The van der Waals surface area contributed by atoms with Crippen molar-refractivity contribution >= 4 is 33.2 Å². The molecule has 334 valence electrons. The number of fused-ring (bicyclic) bond motifs is 3. The van der Waals surface area contributed by atoms with Gasteiger partial charge in [-0.2, -0.15) is 21.0 Å². The highest BCUT2D eigenvalue weighted by Gasteiger charge is 2.26. The van der Waals surface area contributed by atoms with E-state index in [-0.39, 0.29) is 0 Å². The first-order chi connectivity index (χ1) is 35.9. The summed E-state index contributed by atoms with van der Waals surface area (Å²) in [6, 6.07) is 69.6. The van der Waals surface area contributed by atoms with Gasteiger partial charge in [-0.25, -0.2) is 24.6 Å². The molecule has 0 aliphatic heterocycles. The molecular weight excluding hydrogens is 897 g/mol. The summed E-state index contributed by atoms with van der Waals surface area (Å²) in [6.45, 7) is 15.7. The summed E-state index contributed by atoms with van der Waals surface area (Å²) in [4.78, 5) is 22.6. The van der Waals surface area contributed by atoms with Crippen LogP contribution in [0.2, 0.25) is 0 Å². The molecule has 0 aliphatic carbocycles. The van der Waals surface area contributed by atoms with Crippen LogP contribution in [0.25, 0.3) is 116 Å². The van der Waals surface area contributed by atoms with Crippen molar-refractivity contribution in [2.75, 3.05) is 0 Å². The lowest BCUT2D eigenvalue weighted by Gasteiger charge is -2.22. The molecule has 73 heavy (non-hydrogen) atoms. The number of aromatic nitrogens is 4. The standard InChI is InChI=1S/C63H32N10/c1-68-48-24-26-49(47(30-48)38-67)42-22-27-58-53(31-42)54-32-43(52-25-21-39(35-64)29-57(52)69-2)23-28-59(54)73(58)60-55(50-19-11-9-17-44(50)36-65)33-46(34-56(60)51-20-12-10-18-45(51)37-66)63-71-61(40-13-5-3-6-14-40)70-62(72-63)41-15-7-4-8-16-41/h3-34H. The molecule has 9 aromatic carbocycles. The fraction of sp³-hybridized carbons (Fsp3) is 0. The third kappa shape index (κ3) is 7.91. The van der Waals surface area contributed by atoms with Gasteiger partial charge in [0.15, 0.2) is 28.8 Å². The predicted octanol–water partition coefficient (Wildman–Crippen LogP) is 15.2. The average Bonchev–Trinajstić information content (AvgIpc) is 3.79. The molecule has 2 heterocycles. The number of hydrogen-bond acceptors (Lipinski definition) is 7. The van der Waals surface area contributed by atoms with E-state index in [1.54, 1.807) is 48.5 Å². The molecule has 0 saturated carbocycles. The van der Waals surface area contributed by atoms with Crippen LogP contribution < -0.4 is 0 Å². The van der Waals surface area contributed by atoms with E-state index in [0.717, 1.165) is 44.1 Å². The molecule has 11 aromatic rings. The zero-order chi connectivity index (χ0) is 50.0. The van der Waals surface area contributed by atoms with Crippen molar-refractivity contribution < 1.29 is 0 Å². The number of nitrogens with zero attached hydrogens (tertiary/aromatic N) is 10. The van der Waals surface area contributed by atoms with Gasteiger partial charge < -0.3 is 4.57 Å². The highest BCUT2D eigenvalue weighted by molar-refractivity contribution is 6.13. The lowest BCUT2D eigenvalue weighted by atomic mass is 9.89. The smallest absolute Gasteiger partial charge is 0.196 e. The Labute approximate surface area is 419 Å². The molecule has 0 N–H and O–H groups in total. The van der Waals surface area contributed by atoms with Gasteiger partial charge in [-0.1, -0.05) is 127 Å². The topological polar surface area (TPSA) is 147 Å². The van der Waals surface area contributed by atoms with Crippen LogP contribution in [0.1, 0.15) is 22.3 Å². The van der Waals surface area contributed by atoms with Crippen LogP contribution in [-0.2, 0) is 0 Å². The van der Waals surface area contributed by atoms with Gasteiger partial charge in [0.25, 0.3) is 0 Å². The van der Waals surface area contributed by atoms with Crippen molar-refractivity contribution in [2.45, 2.75) is 0 Å². The van der Waals surface area contributed by atoms with Gasteiger partial charge in [-0.3, -0.25) is 0 Å². The van der Waals surface area contributed by atoms with E-state index in [1.807, 2.05) is 146 Å². The maximum atomic E-state index is 10.8. The van der Waals surface area contributed by atoms with Crippen LogP contribution in [0.5, 0.6) is 0 Å². The van der Waals surface area contributed by atoms with E-state index >= 15 is 0 Å². The Morgan fingerprint density at radius 3 is 1.37 bits per heavy atom. The molecule has 10 nitrogen and oxygen atoms in total. The molecule has 2 aromatic heterocycles. The van der Waals surface area contributed by atoms with Crippen LogP contribution >= 0.6 is 0 Å². The molecule has 0 aliphatic rings. The van der Waals surface area contributed by atoms with Crippen molar-refractivity contribution in [3.8, 4) is 109 Å².